The van der Waals surface area contributed by atoms with Crippen molar-refractivity contribution in [3.8, 4) is 23.0 Å². The second-order valence-corrected chi connectivity index (χ2v) is 8.88. The number of nitrogens with zero attached hydrogens (tertiary/aromatic N) is 1. The van der Waals surface area contributed by atoms with Crippen molar-refractivity contribution in [1.29, 1.82) is 0 Å². The molecule has 4 rings (SSSR count). The largest absolute Gasteiger partial charge is 0.507 e. The molecule has 1 aliphatic heterocycles. The maximum absolute atomic E-state index is 13.5. The number of ether oxygens (including phenoxy) is 4. The summed E-state index contributed by atoms with van der Waals surface area (Å²) < 4.78 is 22.5. The Kier molecular flexibility index (Phi) is 7.90. The summed E-state index contributed by atoms with van der Waals surface area (Å²) >= 11 is 0. The molecule has 0 aliphatic carbocycles. The van der Waals surface area contributed by atoms with Crippen LogP contribution >= 0.6 is 0 Å². The predicted molar refractivity (Wildman–Crippen MR) is 144 cm³/mol. The normalized spacial score (nSPS) is 16.6. The molecule has 38 heavy (non-hydrogen) atoms. The first-order chi connectivity index (χ1) is 18.3. The van der Waals surface area contributed by atoms with E-state index >= 15 is 0 Å². The minimum Gasteiger partial charge on any atom is -0.507 e. The molecule has 0 radical (unpaired) electrons. The molecule has 3 aromatic carbocycles. The minimum absolute atomic E-state index is 0.0600. The zero-order valence-corrected chi connectivity index (χ0v) is 22.1. The van der Waals surface area contributed by atoms with Gasteiger partial charge in [0.05, 0.1) is 44.2 Å². The van der Waals surface area contributed by atoms with E-state index in [1.54, 1.807) is 66.7 Å². The first kappa shape index (κ1) is 26.6. The Morgan fingerprint density at radius 1 is 0.921 bits per heavy atom. The Hall–Kier alpha value is -4.46. The van der Waals surface area contributed by atoms with Gasteiger partial charge in [0.2, 0.25) is 0 Å². The summed E-state index contributed by atoms with van der Waals surface area (Å²) in [7, 11) is 3.02. The highest BCUT2D eigenvalue weighted by Crippen LogP contribution is 2.46. The van der Waals surface area contributed by atoms with Crippen molar-refractivity contribution >= 4 is 23.1 Å². The standard InChI is InChI=1S/C30H31NO7/c1-6-37-25-17-19(14-15-24(25)36-5)27-26(28(32)20-10-9-11-21(16-20)38-18(2)3)29(33)30(34)31(27)22-12-7-8-13-23(22)35-4/h7-18,27,32H,6H2,1-5H3/b28-26-. The smallest absolute Gasteiger partial charge is 0.300 e. The number of amides is 1. The maximum atomic E-state index is 13.5. The number of aliphatic hydroxyl groups excluding tert-OH is 1. The van der Waals surface area contributed by atoms with Crippen molar-refractivity contribution in [3.05, 3.63) is 83.4 Å². The number of anilines is 1. The van der Waals surface area contributed by atoms with Crippen LogP contribution in [-0.4, -0.2) is 43.7 Å². The van der Waals surface area contributed by atoms with Crippen LogP contribution in [0.25, 0.3) is 5.76 Å². The van der Waals surface area contributed by atoms with Crippen molar-refractivity contribution in [2.24, 2.45) is 0 Å². The molecule has 8 nitrogen and oxygen atoms in total. The molecule has 3 aromatic rings. The number of hydrogen-bond donors (Lipinski definition) is 1. The molecule has 0 saturated carbocycles. The molecule has 1 fully saturated rings. The lowest BCUT2D eigenvalue weighted by atomic mass is 9.94. The fourth-order valence-electron chi connectivity index (χ4n) is 4.50. The van der Waals surface area contributed by atoms with E-state index in [0.29, 0.717) is 46.4 Å². The van der Waals surface area contributed by atoms with Gasteiger partial charge in [-0.2, -0.15) is 0 Å². The summed E-state index contributed by atoms with van der Waals surface area (Å²) in [6.07, 6.45) is -0.0835. The highest BCUT2D eigenvalue weighted by Gasteiger charge is 2.48. The highest BCUT2D eigenvalue weighted by molar-refractivity contribution is 6.52. The van der Waals surface area contributed by atoms with Gasteiger partial charge in [0, 0.05) is 5.56 Å². The van der Waals surface area contributed by atoms with E-state index in [1.165, 1.54) is 19.1 Å². The third kappa shape index (κ3) is 5.02. The number of ketones is 1. The first-order valence-electron chi connectivity index (χ1n) is 12.3. The number of rotatable bonds is 9. The molecule has 0 bridgehead atoms. The van der Waals surface area contributed by atoms with Crippen LogP contribution in [0, 0.1) is 0 Å². The average Bonchev–Trinajstić information content (AvgIpc) is 3.18. The van der Waals surface area contributed by atoms with Crippen LogP contribution in [0.4, 0.5) is 5.69 Å². The molecule has 1 N–H and O–H groups in total. The molecule has 1 unspecified atom stereocenters. The van der Waals surface area contributed by atoms with E-state index in [-0.39, 0.29) is 17.4 Å². The van der Waals surface area contributed by atoms with Gasteiger partial charge in [0.1, 0.15) is 17.3 Å². The number of para-hydroxylation sites is 2. The minimum atomic E-state index is -0.967. The van der Waals surface area contributed by atoms with Gasteiger partial charge in [-0.3, -0.25) is 14.5 Å². The van der Waals surface area contributed by atoms with Gasteiger partial charge in [-0.05, 0) is 62.7 Å². The Morgan fingerprint density at radius 3 is 2.34 bits per heavy atom. The molecule has 0 aromatic heterocycles. The number of methoxy groups -OCH3 is 2. The third-order valence-electron chi connectivity index (χ3n) is 6.07. The number of benzene rings is 3. The molecule has 8 heteroatoms. The van der Waals surface area contributed by atoms with Gasteiger partial charge in [-0.15, -0.1) is 0 Å². The number of aliphatic hydroxyl groups is 1. The molecule has 0 spiro atoms. The van der Waals surface area contributed by atoms with Gasteiger partial charge in [-0.1, -0.05) is 30.3 Å². The fourth-order valence-corrected chi connectivity index (χ4v) is 4.50. The predicted octanol–water partition coefficient (Wildman–Crippen LogP) is 5.52. The second-order valence-electron chi connectivity index (χ2n) is 8.88. The number of carbonyl (C=O) groups is 2. The van der Waals surface area contributed by atoms with Crippen molar-refractivity contribution in [2.75, 3.05) is 25.7 Å². The summed E-state index contributed by atoms with van der Waals surface area (Å²) in [6, 6.07) is 17.9. The van der Waals surface area contributed by atoms with E-state index in [4.69, 9.17) is 18.9 Å². The Morgan fingerprint density at radius 2 is 1.66 bits per heavy atom. The summed E-state index contributed by atoms with van der Waals surface area (Å²) in [5.41, 5.74) is 1.24. The molecular weight excluding hydrogens is 486 g/mol. The zero-order chi connectivity index (χ0) is 27.4. The van der Waals surface area contributed by atoms with Gasteiger partial charge < -0.3 is 24.1 Å². The van der Waals surface area contributed by atoms with Gasteiger partial charge in [-0.25, -0.2) is 0 Å². The van der Waals surface area contributed by atoms with Crippen LogP contribution in [0.15, 0.2) is 72.3 Å². The second kappa shape index (κ2) is 11.3. The maximum Gasteiger partial charge on any atom is 0.300 e. The van der Waals surface area contributed by atoms with Crippen LogP contribution < -0.4 is 23.8 Å². The third-order valence-corrected chi connectivity index (χ3v) is 6.07. The molecule has 1 heterocycles. The Balaban J connectivity index is 1.96. The van der Waals surface area contributed by atoms with E-state index in [9.17, 15) is 14.7 Å². The van der Waals surface area contributed by atoms with E-state index in [2.05, 4.69) is 0 Å². The summed E-state index contributed by atoms with van der Waals surface area (Å²) in [6.45, 7) is 6.02. The quantitative estimate of drug-likeness (QED) is 0.227. The molecule has 1 atom stereocenters. The van der Waals surface area contributed by atoms with Crippen molar-refractivity contribution in [1.82, 2.24) is 0 Å². The van der Waals surface area contributed by atoms with Crippen LogP contribution in [-0.2, 0) is 9.59 Å². The van der Waals surface area contributed by atoms with E-state index in [1.807, 2.05) is 20.8 Å². The Bertz CT molecular complexity index is 1380. The van der Waals surface area contributed by atoms with Crippen molar-refractivity contribution < 1.29 is 33.6 Å². The van der Waals surface area contributed by atoms with Crippen molar-refractivity contribution in [3.63, 3.8) is 0 Å². The molecular formula is C30H31NO7. The van der Waals surface area contributed by atoms with Crippen LogP contribution in [0.5, 0.6) is 23.0 Å². The summed E-state index contributed by atoms with van der Waals surface area (Å²) in [5, 5.41) is 11.5. The van der Waals surface area contributed by atoms with Gasteiger partial charge >= 0.3 is 0 Å². The van der Waals surface area contributed by atoms with Crippen LogP contribution in [0.1, 0.15) is 37.9 Å². The summed E-state index contributed by atoms with van der Waals surface area (Å²) in [5.74, 6) is -0.0257. The molecule has 1 amide bonds. The van der Waals surface area contributed by atoms with Gasteiger partial charge in [0.15, 0.2) is 11.5 Å². The SMILES string of the molecule is CCOc1cc(C2/C(=C(/O)c3cccc(OC(C)C)c3)C(=O)C(=O)N2c2ccccc2OC)ccc1OC. The average molecular weight is 518 g/mol. The Labute approximate surface area is 222 Å². The van der Waals surface area contributed by atoms with Crippen LogP contribution in [0.3, 0.4) is 0 Å². The summed E-state index contributed by atoms with van der Waals surface area (Å²) in [4.78, 5) is 28.4. The fraction of sp³-hybridized carbons (Fsp3) is 0.267. The number of hydrogen-bond acceptors (Lipinski definition) is 7. The topological polar surface area (TPSA) is 94.5 Å². The van der Waals surface area contributed by atoms with E-state index < -0.39 is 17.7 Å². The zero-order valence-electron chi connectivity index (χ0n) is 22.1. The lowest BCUT2D eigenvalue weighted by Gasteiger charge is -2.27. The molecule has 1 saturated heterocycles. The lowest BCUT2D eigenvalue weighted by molar-refractivity contribution is -0.132. The first-order valence-corrected chi connectivity index (χ1v) is 12.3. The monoisotopic (exact) mass is 517 g/mol. The number of carbonyl (C=O) groups excluding carboxylic acids is 2. The van der Waals surface area contributed by atoms with Gasteiger partial charge in [0.25, 0.3) is 11.7 Å². The van der Waals surface area contributed by atoms with Crippen molar-refractivity contribution in [2.45, 2.75) is 32.9 Å². The van der Waals surface area contributed by atoms with Crippen LogP contribution in [0.2, 0.25) is 0 Å². The highest BCUT2D eigenvalue weighted by atomic mass is 16.5. The molecule has 1 aliphatic rings. The lowest BCUT2D eigenvalue weighted by Crippen LogP contribution is -2.29. The van der Waals surface area contributed by atoms with E-state index in [0.717, 1.165) is 0 Å². The number of Topliss-reactive ketones (excluding diaryl/α,β-unsaturated/α-hetero) is 1. The molecule has 198 valence electrons.